The molecule has 272 valence electrons. The first-order valence-electron chi connectivity index (χ1n) is 19.1. The molecule has 1 atom stereocenters. The molecule has 4 aromatic carbocycles. The maximum atomic E-state index is 5.80. The zero-order valence-corrected chi connectivity index (χ0v) is 32.5. The van der Waals surface area contributed by atoms with Crippen molar-refractivity contribution in [3.8, 4) is 33.5 Å². The third kappa shape index (κ3) is 10.8. The molecule has 0 fully saturated rings. The number of nitrogens with two attached hydrogens (primary N) is 1. The first-order valence-corrected chi connectivity index (χ1v) is 19.1. The number of allylic oxidation sites excluding steroid dienone is 13. The second-order valence-corrected chi connectivity index (χ2v) is 13.6. The van der Waals surface area contributed by atoms with E-state index in [1.807, 2.05) is 30.5 Å². The highest BCUT2D eigenvalue weighted by molar-refractivity contribution is 5.87. The topological polar surface area (TPSA) is 38.9 Å². The minimum absolute atomic E-state index is 0.173. The Bertz CT molecular complexity index is 2160. The number of pyridine rings is 1. The Kier molecular flexibility index (Phi) is 14.7. The number of benzene rings is 4. The Morgan fingerprint density at radius 3 is 2.00 bits per heavy atom. The molecule has 1 aromatic heterocycles. The Hall–Kier alpha value is -5.99. The van der Waals surface area contributed by atoms with Gasteiger partial charge in [0.1, 0.15) is 0 Å². The Balaban J connectivity index is 1.57. The monoisotopic (exact) mass is 706 g/mol. The van der Waals surface area contributed by atoms with Crippen LogP contribution >= 0.6 is 0 Å². The summed E-state index contributed by atoms with van der Waals surface area (Å²) in [5.41, 5.74) is 21.5. The van der Waals surface area contributed by atoms with E-state index in [2.05, 4.69) is 185 Å². The number of aromatic nitrogens is 1. The lowest BCUT2D eigenvalue weighted by atomic mass is 9.87. The molecule has 0 aliphatic rings. The highest BCUT2D eigenvalue weighted by Crippen LogP contribution is 2.36. The predicted molar refractivity (Wildman–Crippen MR) is 236 cm³/mol. The van der Waals surface area contributed by atoms with E-state index in [1.165, 1.54) is 44.5 Å². The van der Waals surface area contributed by atoms with Gasteiger partial charge >= 0.3 is 0 Å². The number of hydrogen-bond acceptors (Lipinski definition) is 2. The van der Waals surface area contributed by atoms with Crippen molar-refractivity contribution >= 4 is 11.1 Å². The average molecular weight is 707 g/mol. The van der Waals surface area contributed by atoms with Gasteiger partial charge in [0.15, 0.2) is 0 Å². The maximum Gasteiger partial charge on any atom is 0.0701 e. The fourth-order valence-corrected chi connectivity index (χ4v) is 6.80. The molecule has 0 aliphatic heterocycles. The van der Waals surface area contributed by atoms with E-state index in [9.17, 15) is 0 Å². The summed E-state index contributed by atoms with van der Waals surface area (Å²) in [4.78, 5) is 4.57. The molecule has 0 aliphatic carbocycles. The molecule has 1 heterocycles. The van der Waals surface area contributed by atoms with Crippen LogP contribution in [-0.2, 0) is 0 Å². The van der Waals surface area contributed by atoms with Gasteiger partial charge in [-0.05, 0) is 151 Å². The highest BCUT2D eigenvalue weighted by atomic mass is 14.7. The Labute approximate surface area is 324 Å². The third-order valence-corrected chi connectivity index (χ3v) is 9.80. The van der Waals surface area contributed by atoms with Crippen LogP contribution in [0.25, 0.3) is 44.7 Å². The van der Waals surface area contributed by atoms with Crippen molar-refractivity contribution in [2.24, 2.45) is 5.73 Å². The quantitative estimate of drug-likeness (QED) is 0.110. The van der Waals surface area contributed by atoms with Crippen molar-refractivity contribution in [3.63, 3.8) is 0 Å². The SMILES string of the molecule is C/C=C\C=C(/C)CCCC(=C\C)/C(=C\C)c1cc(C(/C=C\C=C/N)=C\C(C)c2ccc(-c3ccccc3)cc2)cc(-c2ccc(-c3ccccn3)cc2)c1. The molecule has 5 aromatic rings. The van der Waals surface area contributed by atoms with Gasteiger partial charge in [0.2, 0.25) is 0 Å². The van der Waals surface area contributed by atoms with Gasteiger partial charge < -0.3 is 5.73 Å². The maximum absolute atomic E-state index is 5.80. The van der Waals surface area contributed by atoms with Crippen molar-refractivity contribution < 1.29 is 0 Å². The van der Waals surface area contributed by atoms with Crippen molar-refractivity contribution in [2.45, 2.75) is 59.8 Å². The largest absolute Gasteiger partial charge is 0.405 e. The van der Waals surface area contributed by atoms with Gasteiger partial charge in [-0.25, -0.2) is 0 Å². The van der Waals surface area contributed by atoms with Crippen LogP contribution in [0.1, 0.15) is 76.5 Å². The van der Waals surface area contributed by atoms with E-state index >= 15 is 0 Å². The van der Waals surface area contributed by atoms with Crippen LogP contribution in [-0.4, -0.2) is 4.98 Å². The molecule has 0 spiro atoms. The molecule has 54 heavy (non-hydrogen) atoms. The summed E-state index contributed by atoms with van der Waals surface area (Å²) in [5, 5.41) is 0. The van der Waals surface area contributed by atoms with Crippen LogP contribution in [0, 0.1) is 0 Å². The Morgan fingerprint density at radius 2 is 1.33 bits per heavy atom. The minimum atomic E-state index is 0.173. The summed E-state index contributed by atoms with van der Waals surface area (Å²) in [6, 6.07) is 41.3. The lowest BCUT2D eigenvalue weighted by Crippen LogP contribution is -1.97. The number of nitrogens with zero attached hydrogens (tertiary/aromatic N) is 1. The van der Waals surface area contributed by atoms with Crippen LogP contribution < -0.4 is 5.73 Å². The fraction of sp³-hybridized carbons (Fsp3) is 0.173. The van der Waals surface area contributed by atoms with Crippen molar-refractivity contribution in [2.75, 3.05) is 0 Å². The summed E-state index contributed by atoms with van der Waals surface area (Å²) in [6.07, 6.45) is 26.1. The molecular formula is C52H54N2. The fourth-order valence-electron chi connectivity index (χ4n) is 6.80. The van der Waals surface area contributed by atoms with Gasteiger partial charge in [-0.3, -0.25) is 4.98 Å². The summed E-state index contributed by atoms with van der Waals surface area (Å²) in [6.45, 7) is 10.9. The van der Waals surface area contributed by atoms with E-state index in [0.717, 1.165) is 47.2 Å². The molecule has 0 bridgehead atoms. The summed E-state index contributed by atoms with van der Waals surface area (Å²) in [7, 11) is 0. The molecule has 2 nitrogen and oxygen atoms in total. The first kappa shape index (κ1) is 39.2. The first-order chi connectivity index (χ1) is 26.4. The van der Waals surface area contributed by atoms with Gasteiger partial charge in [-0.15, -0.1) is 0 Å². The molecule has 0 saturated carbocycles. The molecule has 1 unspecified atom stereocenters. The average Bonchev–Trinajstić information content (AvgIpc) is 3.23. The van der Waals surface area contributed by atoms with Gasteiger partial charge in [-0.2, -0.15) is 0 Å². The molecule has 2 N–H and O–H groups in total. The van der Waals surface area contributed by atoms with E-state index in [4.69, 9.17) is 5.73 Å². The minimum Gasteiger partial charge on any atom is -0.405 e. The van der Waals surface area contributed by atoms with Crippen LogP contribution in [0.4, 0.5) is 0 Å². The summed E-state index contributed by atoms with van der Waals surface area (Å²) >= 11 is 0. The summed E-state index contributed by atoms with van der Waals surface area (Å²) < 4.78 is 0. The zero-order chi connectivity index (χ0) is 38.1. The standard InChI is InChI=1S/C52H54N2/c1-6-9-18-39(4)19-17-23-41(7-2)51(8-3)50-37-48(45-29-31-46(32-30-45)52-24-14-16-34-54-52)36-49(38-50)47(22-13-15-33-53)35-40(5)42-25-27-44(28-26-42)43-20-11-10-12-21-43/h6-16,18,20-22,24-38,40H,17,19,23,53H2,1-5H3/b9-6-,22-13-,33-15-,39-18+,41-7+,47-35-,51-8+. The smallest absolute Gasteiger partial charge is 0.0701 e. The van der Waals surface area contributed by atoms with Crippen molar-refractivity contribution in [1.29, 1.82) is 0 Å². The van der Waals surface area contributed by atoms with Crippen molar-refractivity contribution in [3.05, 3.63) is 210 Å². The molecule has 0 saturated heterocycles. The summed E-state index contributed by atoms with van der Waals surface area (Å²) in [5.74, 6) is 0.173. The lowest BCUT2D eigenvalue weighted by Gasteiger charge is -2.18. The van der Waals surface area contributed by atoms with E-state index < -0.39 is 0 Å². The van der Waals surface area contributed by atoms with E-state index in [0.29, 0.717) is 0 Å². The molecule has 2 heteroatoms. The van der Waals surface area contributed by atoms with E-state index in [1.54, 1.807) is 6.20 Å². The van der Waals surface area contributed by atoms with Gasteiger partial charge in [0.25, 0.3) is 0 Å². The van der Waals surface area contributed by atoms with Crippen LogP contribution in [0.2, 0.25) is 0 Å². The van der Waals surface area contributed by atoms with Crippen LogP contribution in [0.3, 0.4) is 0 Å². The molecule has 0 radical (unpaired) electrons. The third-order valence-electron chi connectivity index (χ3n) is 9.80. The van der Waals surface area contributed by atoms with Gasteiger partial charge in [0, 0.05) is 11.8 Å². The second-order valence-electron chi connectivity index (χ2n) is 13.6. The van der Waals surface area contributed by atoms with Gasteiger partial charge in [-0.1, -0.05) is 146 Å². The molecular weight excluding hydrogens is 653 g/mol. The second kappa shape index (κ2) is 20.3. The van der Waals surface area contributed by atoms with Crippen molar-refractivity contribution in [1.82, 2.24) is 4.98 Å². The normalized spacial score (nSPS) is 13.7. The molecule has 5 rings (SSSR count). The lowest BCUT2D eigenvalue weighted by molar-refractivity contribution is 0.816. The zero-order valence-electron chi connectivity index (χ0n) is 32.5. The van der Waals surface area contributed by atoms with Crippen LogP contribution in [0.15, 0.2) is 193 Å². The highest BCUT2D eigenvalue weighted by Gasteiger charge is 2.14. The Morgan fingerprint density at radius 1 is 0.667 bits per heavy atom. The number of rotatable bonds is 15. The molecule has 0 amide bonds. The van der Waals surface area contributed by atoms with Crippen LogP contribution in [0.5, 0.6) is 0 Å². The van der Waals surface area contributed by atoms with Gasteiger partial charge in [0.05, 0.1) is 5.69 Å². The predicted octanol–water partition coefficient (Wildman–Crippen LogP) is 14.3. The van der Waals surface area contributed by atoms with E-state index in [-0.39, 0.29) is 5.92 Å². The number of hydrogen-bond donors (Lipinski definition) is 1.